The number of nitrogens with zero attached hydrogens (tertiary/aromatic N) is 2. The molecule has 0 saturated carbocycles. The van der Waals surface area contributed by atoms with Crippen LogP contribution in [0.2, 0.25) is 0 Å². The Labute approximate surface area is 206 Å². The van der Waals surface area contributed by atoms with Gasteiger partial charge in [0.15, 0.2) is 5.78 Å². The van der Waals surface area contributed by atoms with Crippen LogP contribution in [-0.4, -0.2) is 64.9 Å². The Hall–Kier alpha value is -4.14. The number of phenols is 2. The van der Waals surface area contributed by atoms with E-state index in [2.05, 4.69) is 4.90 Å². The lowest BCUT2D eigenvalue weighted by molar-refractivity contribution is 0.0322. The average Bonchev–Trinajstić information content (AvgIpc) is 3.17. The lowest BCUT2D eigenvalue weighted by atomic mass is 10.0. The molecule has 8 heteroatoms. The number of morpholine rings is 1. The smallest absolute Gasteiger partial charge is 0.263 e. The fourth-order valence-corrected chi connectivity index (χ4v) is 4.99. The SMILES string of the molecule is O=C1c2cc(O)ccc2-c2c1c1ccc(O)cc1c(=O)n2-c1ccc(OCCN2CCOCC2)cc1. The molecule has 2 heterocycles. The minimum atomic E-state index is -0.352. The van der Waals surface area contributed by atoms with E-state index in [-0.39, 0.29) is 28.2 Å². The Balaban J connectivity index is 1.41. The van der Waals surface area contributed by atoms with Gasteiger partial charge in [0, 0.05) is 41.8 Å². The molecule has 1 fully saturated rings. The molecule has 1 aromatic heterocycles. The van der Waals surface area contributed by atoms with E-state index in [1.165, 1.54) is 28.8 Å². The predicted octanol–water partition coefficient (Wildman–Crippen LogP) is 3.32. The molecule has 1 aliphatic heterocycles. The van der Waals surface area contributed by atoms with Crippen LogP contribution in [0.1, 0.15) is 15.9 Å². The molecule has 0 radical (unpaired) electrons. The number of benzene rings is 3. The molecular weight excluding hydrogens is 460 g/mol. The van der Waals surface area contributed by atoms with Crippen molar-refractivity contribution in [3.8, 4) is 34.2 Å². The summed E-state index contributed by atoms with van der Waals surface area (Å²) < 4.78 is 12.8. The van der Waals surface area contributed by atoms with E-state index in [9.17, 15) is 19.8 Å². The normalized spacial score (nSPS) is 15.2. The largest absolute Gasteiger partial charge is 0.508 e. The van der Waals surface area contributed by atoms with Crippen LogP contribution in [0, 0.1) is 0 Å². The molecule has 36 heavy (non-hydrogen) atoms. The highest BCUT2D eigenvalue weighted by atomic mass is 16.5. The van der Waals surface area contributed by atoms with Crippen molar-refractivity contribution >= 4 is 16.6 Å². The molecule has 1 saturated heterocycles. The van der Waals surface area contributed by atoms with E-state index < -0.39 is 0 Å². The highest BCUT2D eigenvalue weighted by Crippen LogP contribution is 2.42. The fraction of sp³-hybridized carbons (Fsp3) is 0.214. The summed E-state index contributed by atoms with van der Waals surface area (Å²) in [5.41, 5.74) is 1.97. The molecule has 3 aromatic carbocycles. The summed E-state index contributed by atoms with van der Waals surface area (Å²) in [6.07, 6.45) is 0. The third-order valence-corrected chi connectivity index (χ3v) is 6.77. The molecule has 8 nitrogen and oxygen atoms in total. The van der Waals surface area contributed by atoms with Gasteiger partial charge in [-0.2, -0.15) is 0 Å². The molecule has 182 valence electrons. The molecule has 0 amide bonds. The number of fused-ring (bicyclic) bond motifs is 5. The second kappa shape index (κ2) is 8.82. The Bertz CT molecular complexity index is 1550. The van der Waals surface area contributed by atoms with Gasteiger partial charge >= 0.3 is 0 Å². The lowest BCUT2D eigenvalue weighted by Crippen LogP contribution is -2.38. The van der Waals surface area contributed by atoms with Crippen LogP contribution < -0.4 is 10.3 Å². The molecule has 2 aliphatic rings. The summed E-state index contributed by atoms with van der Waals surface area (Å²) >= 11 is 0. The standard InChI is InChI=1S/C28H24N2O6/c31-18-4-8-22-23(15-18)27(33)25-21-7-3-19(32)16-24(21)28(34)30(26(22)25)17-1-5-20(6-2-17)36-14-11-29-9-12-35-13-10-29/h1-8,15-16,31-32H,9-14H2. The second-order valence-corrected chi connectivity index (χ2v) is 8.95. The van der Waals surface area contributed by atoms with Crippen LogP contribution in [0.4, 0.5) is 0 Å². The zero-order valence-corrected chi connectivity index (χ0v) is 19.4. The Morgan fingerprint density at radius 2 is 1.56 bits per heavy atom. The minimum absolute atomic E-state index is 0.0238. The molecule has 2 N–H and O–H groups in total. The number of aromatic hydroxyl groups is 2. The molecule has 0 spiro atoms. The maximum Gasteiger partial charge on any atom is 0.263 e. The number of hydrogen-bond acceptors (Lipinski definition) is 7. The van der Waals surface area contributed by atoms with E-state index in [1.807, 2.05) is 0 Å². The number of rotatable bonds is 5. The van der Waals surface area contributed by atoms with Crippen LogP contribution in [0.5, 0.6) is 17.2 Å². The maximum absolute atomic E-state index is 13.7. The summed E-state index contributed by atoms with van der Waals surface area (Å²) in [5.74, 6) is 0.319. The Kier molecular flexibility index (Phi) is 5.47. The van der Waals surface area contributed by atoms with Crippen molar-refractivity contribution in [1.82, 2.24) is 9.47 Å². The summed E-state index contributed by atoms with van der Waals surface area (Å²) in [4.78, 5) is 29.4. The monoisotopic (exact) mass is 484 g/mol. The van der Waals surface area contributed by atoms with Crippen molar-refractivity contribution in [2.45, 2.75) is 0 Å². The quantitative estimate of drug-likeness (QED) is 0.395. The topological polar surface area (TPSA) is 101 Å². The maximum atomic E-state index is 13.7. The van der Waals surface area contributed by atoms with Crippen LogP contribution in [0.15, 0.2) is 65.5 Å². The Morgan fingerprint density at radius 1 is 0.833 bits per heavy atom. The van der Waals surface area contributed by atoms with E-state index in [1.54, 1.807) is 36.4 Å². The number of ketones is 1. The molecule has 1 aliphatic carbocycles. The average molecular weight is 485 g/mol. The zero-order chi connectivity index (χ0) is 24.8. The van der Waals surface area contributed by atoms with Gasteiger partial charge in [0.25, 0.3) is 5.56 Å². The zero-order valence-electron chi connectivity index (χ0n) is 19.4. The van der Waals surface area contributed by atoms with E-state index in [0.717, 1.165) is 32.8 Å². The highest BCUT2D eigenvalue weighted by molar-refractivity contribution is 6.27. The summed E-state index contributed by atoms with van der Waals surface area (Å²) in [5, 5.41) is 20.8. The second-order valence-electron chi connectivity index (χ2n) is 8.95. The first-order valence-electron chi connectivity index (χ1n) is 11.8. The van der Waals surface area contributed by atoms with Crippen molar-refractivity contribution < 1.29 is 24.5 Å². The van der Waals surface area contributed by atoms with Gasteiger partial charge < -0.3 is 19.7 Å². The number of carbonyl (C=O) groups is 1. The fourth-order valence-electron chi connectivity index (χ4n) is 4.99. The molecule has 0 unspecified atom stereocenters. The number of ether oxygens (including phenoxy) is 2. The molecule has 0 bridgehead atoms. The molecular formula is C28H24N2O6. The highest BCUT2D eigenvalue weighted by Gasteiger charge is 2.33. The van der Waals surface area contributed by atoms with E-state index in [4.69, 9.17) is 9.47 Å². The van der Waals surface area contributed by atoms with Gasteiger partial charge in [-0.3, -0.25) is 19.1 Å². The number of carbonyl (C=O) groups excluding carboxylic acids is 1. The van der Waals surface area contributed by atoms with Gasteiger partial charge in [-0.25, -0.2) is 0 Å². The van der Waals surface area contributed by atoms with Gasteiger partial charge in [-0.1, -0.05) is 0 Å². The first kappa shape index (κ1) is 22.3. The van der Waals surface area contributed by atoms with Crippen molar-refractivity contribution in [3.05, 3.63) is 82.1 Å². The summed E-state index contributed by atoms with van der Waals surface area (Å²) in [6.45, 7) is 4.61. The third-order valence-electron chi connectivity index (χ3n) is 6.77. The van der Waals surface area contributed by atoms with Crippen molar-refractivity contribution in [3.63, 3.8) is 0 Å². The van der Waals surface area contributed by atoms with Crippen LogP contribution >= 0.6 is 0 Å². The molecule has 6 rings (SSSR count). The van der Waals surface area contributed by atoms with Crippen molar-refractivity contribution in [2.24, 2.45) is 0 Å². The number of phenolic OH excluding ortho intramolecular Hbond substituents is 2. The predicted molar refractivity (Wildman–Crippen MR) is 134 cm³/mol. The first-order chi connectivity index (χ1) is 17.5. The lowest BCUT2D eigenvalue weighted by Gasteiger charge is -2.26. The summed E-state index contributed by atoms with van der Waals surface area (Å²) in [6, 6.07) is 16.2. The molecule has 0 atom stereocenters. The molecule has 4 aromatic rings. The van der Waals surface area contributed by atoms with E-state index >= 15 is 0 Å². The number of pyridine rings is 1. The van der Waals surface area contributed by atoms with E-state index in [0.29, 0.717) is 45.8 Å². The third kappa shape index (κ3) is 3.71. The van der Waals surface area contributed by atoms with Crippen LogP contribution in [-0.2, 0) is 4.74 Å². The van der Waals surface area contributed by atoms with Gasteiger partial charge in [0.2, 0.25) is 0 Å². The van der Waals surface area contributed by atoms with Gasteiger partial charge in [0.1, 0.15) is 23.9 Å². The number of hydrogen-bond donors (Lipinski definition) is 2. The Morgan fingerprint density at radius 3 is 2.33 bits per heavy atom. The van der Waals surface area contributed by atoms with Crippen molar-refractivity contribution in [2.75, 3.05) is 39.5 Å². The van der Waals surface area contributed by atoms with Gasteiger partial charge in [0.05, 0.1) is 29.9 Å². The van der Waals surface area contributed by atoms with Gasteiger partial charge in [-0.05, 0) is 60.7 Å². The van der Waals surface area contributed by atoms with Crippen molar-refractivity contribution in [1.29, 1.82) is 0 Å². The summed E-state index contributed by atoms with van der Waals surface area (Å²) in [7, 11) is 0. The minimum Gasteiger partial charge on any atom is -0.508 e. The van der Waals surface area contributed by atoms with Gasteiger partial charge in [-0.15, -0.1) is 0 Å². The first-order valence-corrected chi connectivity index (χ1v) is 11.8. The number of aromatic nitrogens is 1. The van der Waals surface area contributed by atoms with Crippen LogP contribution in [0.3, 0.4) is 0 Å². The van der Waals surface area contributed by atoms with Crippen LogP contribution in [0.25, 0.3) is 27.7 Å².